The molecule has 0 bridgehead atoms. The van der Waals surface area contributed by atoms with Gasteiger partial charge >= 0.3 is 0 Å². The second-order valence-corrected chi connectivity index (χ2v) is 10.3. The van der Waals surface area contributed by atoms with Gasteiger partial charge in [0.25, 0.3) is 5.91 Å². The zero-order chi connectivity index (χ0) is 21.4. The van der Waals surface area contributed by atoms with Gasteiger partial charge in [-0.2, -0.15) is 0 Å². The van der Waals surface area contributed by atoms with E-state index in [0.717, 1.165) is 47.2 Å². The Labute approximate surface area is 194 Å². The van der Waals surface area contributed by atoms with E-state index in [2.05, 4.69) is 26.9 Å². The number of hydrogen-bond acceptors (Lipinski definition) is 4. The predicted molar refractivity (Wildman–Crippen MR) is 126 cm³/mol. The first-order chi connectivity index (χ1) is 15.1. The lowest BCUT2D eigenvalue weighted by Gasteiger charge is -2.34. The summed E-state index contributed by atoms with van der Waals surface area (Å²) in [6, 6.07) is 15.7. The molecule has 0 spiro atoms. The molecule has 7 heteroatoms. The number of carbonyl (C=O) groups excluding carboxylic acids is 2. The maximum atomic E-state index is 13.4. The normalized spacial score (nSPS) is 19.8. The van der Waals surface area contributed by atoms with Crippen molar-refractivity contribution < 1.29 is 9.59 Å². The average molecular weight is 498 g/mol. The molecular formula is C24H24BrN3O2S. The van der Waals surface area contributed by atoms with E-state index in [1.807, 2.05) is 47.4 Å². The SMILES string of the molecule is O=C(c1ccc(Br)cc1)N1CCC(C(=O)N2CCCC2c2nc3ccccc3s2)CC1. The van der Waals surface area contributed by atoms with E-state index in [1.54, 1.807) is 11.3 Å². The summed E-state index contributed by atoms with van der Waals surface area (Å²) >= 11 is 5.11. The van der Waals surface area contributed by atoms with E-state index in [0.29, 0.717) is 18.7 Å². The second-order valence-electron chi connectivity index (χ2n) is 8.28. The van der Waals surface area contributed by atoms with E-state index in [-0.39, 0.29) is 23.8 Å². The fraction of sp³-hybridized carbons (Fsp3) is 0.375. The predicted octanol–water partition coefficient (Wildman–Crippen LogP) is 5.27. The molecule has 0 aliphatic carbocycles. The van der Waals surface area contributed by atoms with Gasteiger partial charge in [-0.3, -0.25) is 9.59 Å². The molecule has 3 heterocycles. The molecule has 2 aliphatic heterocycles. The lowest BCUT2D eigenvalue weighted by atomic mass is 9.94. The summed E-state index contributed by atoms with van der Waals surface area (Å²) in [5.41, 5.74) is 1.71. The number of rotatable bonds is 3. The minimum absolute atomic E-state index is 0.0102. The Kier molecular flexibility index (Phi) is 5.80. The molecule has 2 aliphatic rings. The fourth-order valence-corrected chi connectivity index (χ4v) is 6.04. The van der Waals surface area contributed by atoms with E-state index in [9.17, 15) is 9.59 Å². The summed E-state index contributed by atoms with van der Waals surface area (Å²) in [6.07, 6.45) is 3.45. The van der Waals surface area contributed by atoms with Crippen LogP contribution in [-0.2, 0) is 4.79 Å². The number of para-hydroxylation sites is 1. The summed E-state index contributed by atoms with van der Waals surface area (Å²) in [5.74, 6) is 0.272. The van der Waals surface area contributed by atoms with Gasteiger partial charge in [0, 0.05) is 35.6 Å². The van der Waals surface area contributed by atoms with Crippen LogP contribution in [0.25, 0.3) is 10.2 Å². The van der Waals surface area contributed by atoms with Crippen LogP contribution in [0.3, 0.4) is 0 Å². The number of thiazole rings is 1. The van der Waals surface area contributed by atoms with E-state index in [4.69, 9.17) is 4.98 Å². The molecule has 0 saturated carbocycles. The third-order valence-electron chi connectivity index (χ3n) is 6.35. The highest BCUT2D eigenvalue weighted by molar-refractivity contribution is 9.10. The lowest BCUT2D eigenvalue weighted by Crippen LogP contribution is -2.44. The minimum Gasteiger partial charge on any atom is -0.339 e. The second kappa shape index (κ2) is 8.71. The third kappa shape index (κ3) is 4.13. The van der Waals surface area contributed by atoms with Crippen molar-refractivity contribution in [1.29, 1.82) is 0 Å². The highest BCUT2D eigenvalue weighted by Gasteiger charge is 2.37. The molecule has 2 fully saturated rings. The van der Waals surface area contributed by atoms with Crippen molar-refractivity contribution in [1.82, 2.24) is 14.8 Å². The Morgan fingerprint density at radius 1 is 0.968 bits per heavy atom. The summed E-state index contributed by atoms with van der Waals surface area (Å²) in [6.45, 7) is 2.06. The number of halogens is 1. The van der Waals surface area contributed by atoms with Gasteiger partial charge < -0.3 is 9.80 Å². The molecular weight excluding hydrogens is 474 g/mol. The first kappa shape index (κ1) is 20.6. The minimum atomic E-state index is -0.0102. The number of nitrogens with zero attached hydrogens (tertiary/aromatic N) is 3. The van der Waals surface area contributed by atoms with Crippen molar-refractivity contribution >= 4 is 49.3 Å². The van der Waals surface area contributed by atoms with Gasteiger partial charge in [-0.15, -0.1) is 11.3 Å². The van der Waals surface area contributed by atoms with Gasteiger partial charge in [0.15, 0.2) is 0 Å². The largest absolute Gasteiger partial charge is 0.339 e. The number of piperidine rings is 1. The van der Waals surface area contributed by atoms with Crippen molar-refractivity contribution in [3.8, 4) is 0 Å². The van der Waals surface area contributed by atoms with E-state index in [1.165, 1.54) is 4.70 Å². The van der Waals surface area contributed by atoms with Crippen LogP contribution in [0.5, 0.6) is 0 Å². The molecule has 2 aromatic carbocycles. The molecule has 0 radical (unpaired) electrons. The van der Waals surface area contributed by atoms with Gasteiger partial charge in [-0.1, -0.05) is 28.1 Å². The molecule has 0 N–H and O–H groups in total. The molecule has 1 unspecified atom stereocenters. The van der Waals surface area contributed by atoms with Crippen LogP contribution in [0.15, 0.2) is 53.0 Å². The van der Waals surface area contributed by atoms with Crippen LogP contribution >= 0.6 is 27.3 Å². The Bertz CT molecular complexity index is 1070. The molecule has 1 aromatic heterocycles. The average Bonchev–Trinajstić information content (AvgIpc) is 3.45. The number of fused-ring (bicyclic) bond motifs is 1. The molecule has 2 saturated heterocycles. The van der Waals surface area contributed by atoms with Gasteiger partial charge in [0.1, 0.15) is 5.01 Å². The molecule has 5 rings (SSSR count). The van der Waals surface area contributed by atoms with Crippen LogP contribution in [0, 0.1) is 5.92 Å². The number of aromatic nitrogens is 1. The number of hydrogen-bond donors (Lipinski definition) is 0. The highest BCUT2D eigenvalue weighted by atomic mass is 79.9. The van der Waals surface area contributed by atoms with Gasteiger partial charge in [-0.25, -0.2) is 4.98 Å². The first-order valence-electron chi connectivity index (χ1n) is 10.8. The van der Waals surface area contributed by atoms with Crippen LogP contribution < -0.4 is 0 Å². The van der Waals surface area contributed by atoms with Crippen LogP contribution in [0.2, 0.25) is 0 Å². The topological polar surface area (TPSA) is 53.5 Å². The summed E-state index contributed by atoms with van der Waals surface area (Å²) < 4.78 is 2.14. The first-order valence-corrected chi connectivity index (χ1v) is 12.4. The standard InChI is InChI=1S/C24H24BrN3O2S/c25-18-9-7-16(8-10-18)23(29)27-14-11-17(12-15-27)24(30)28-13-3-5-20(28)22-26-19-4-1-2-6-21(19)31-22/h1-2,4,6-10,17,20H,3,5,11-15H2. The van der Waals surface area contributed by atoms with Gasteiger partial charge in [-0.05, 0) is 62.1 Å². The van der Waals surface area contributed by atoms with Crippen molar-refractivity contribution in [3.05, 3.63) is 63.6 Å². The molecule has 160 valence electrons. The quantitative estimate of drug-likeness (QED) is 0.494. The lowest BCUT2D eigenvalue weighted by molar-refractivity contribution is -0.137. The Balaban J connectivity index is 1.24. The summed E-state index contributed by atoms with van der Waals surface area (Å²) in [7, 11) is 0. The Morgan fingerprint density at radius 2 is 1.71 bits per heavy atom. The number of amides is 2. The summed E-state index contributed by atoms with van der Waals surface area (Å²) in [4.78, 5) is 34.9. The van der Waals surface area contributed by atoms with Gasteiger partial charge in [0.2, 0.25) is 5.91 Å². The van der Waals surface area contributed by atoms with Crippen molar-refractivity contribution in [2.45, 2.75) is 31.7 Å². The van der Waals surface area contributed by atoms with Crippen LogP contribution in [0.4, 0.5) is 0 Å². The van der Waals surface area contributed by atoms with Crippen molar-refractivity contribution in [2.24, 2.45) is 5.92 Å². The van der Waals surface area contributed by atoms with Crippen molar-refractivity contribution in [3.63, 3.8) is 0 Å². The number of carbonyl (C=O) groups is 2. The van der Waals surface area contributed by atoms with E-state index < -0.39 is 0 Å². The monoisotopic (exact) mass is 497 g/mol. The number of benzene rings is 2. The Morgan fingerprint density at radius 3 is 2.45 bits per heavy atom. The maximum absolute atomic E-state index is 13.4. The zero-order valence-electron chi connectivity index (χ0n) is 17.2. The van der Waals surface area contributed by atoms with Crippen LogP contribution in [-0.4, -0.2) is 46.2 Å². The molecule has 2 amide bonds. The third-order valence-corrected chi connectivity index (χ3v) is 8.02. The molecule has 3 aromatic rings. The van der Waals surface area contributed by atoms with E-state index >= 15 is 0 Å². The van der Waals surface area contributed by atoms with Crippen LogP contribution in [0.1, 0.15) is 47.1 Å². The molecule has 31 heavy (non-hydrogen) atoms. The fourth-order valence-electron chi connectivity index (χ4n) is 4.66. The maximum Gasteiger partial charge on any atom is 0.253 e. The zero-order valence-corrected chi connectivity index (χ0v) is 19.6. The van der Waals surface area contributed by atoms with Crippen molar-refractivity contribution in [2.75, 3.05) is 19.6 Å². The summed E-state index contributed by atoms with van der Waals surface area (Å²) in [5, 5.41) is 1.05. The Hall–Kier alpha value is -2.25. The molecule has 5 nitrogen and oxygen atoms in total. The molecule has 1 atom stereocenters. The smallest absolute Gasteiger partial charge is 0.253 e. The van der Waals surface area contributed by atoms with Gasteiger partial charge in [0.05, 0.1) is 16.3 Å². The highest BCUT2D eigenvalue weighted by Crippen LogP contribution is 2.38. The number of likely N-dealkylation sites (tertiary alicyclic amines) is 2.